The Kier molecular flexibility index (Phi) is 4.04. The molecule has 3 nitrogen and oxygen atoms in total. The molecule has 5 heteroatoms. The minimum Gasteiger partial charge on any atom is -0.339 e. The Morgan fingerprint density at radius 2 is 2.38 bits per heavy atom. The number of benzene rings is 1. The van der Waals surface area contributed by atoms with Crippen LogP contribution in [0.4, 0.5) is 0 Å². The number of hydrogen-bond acceptors (Lipinski definition) is 3. The normalized spacial score (nSPS) is 10.6. The lowest BCUT2D eigenvalue weighted by molar-refractivity contribution is 0.802. The maximum Gasteiger partial charge on any atom is 0.170 e. The third-order valence-electron chi connectivity index (χ3n) is 2.08. The predicted octanol–water partition coefficient (Wildman–Crippen LogP) is 3.04. The molecular formula is C11H12BrN3S. The first-order chi connectivity index (χ1) is 7.79. The Morgan fingerprint density at radius 3 is 3.06 bits per heavy atom. The minimum absolute atomic E-state index is 0.857. The van der Waals surface area contributed by atoms with E-state index in [9.17, 15) is 0 Å². The highest BCUT2D eigenvalue weighted by Crippen LogP contribution is 2.30. The van der Waals surface area contributed by atoms with Gasteiger partial charge in [-0.2, -0.15) is 0 Å². The van der Waals surface area contributed by atoms with E-state index in [1.54, 1.807) is 18.0 Å². The lowest BCUT2D eigenvalue weighted by atomic mass is 10.2. The van der Waals surface area contributed by atoms with Gasteiger partial charge in [0.25, 0.3) is 0 Å². The van der Waals surface area contributed by atoms with Gasteiger partial charge >= 0.3 is 0 Å². The highest BCUT2D eigenvalue weighted by Gasteiger charge is 2.06. The van der Waals surface area contributed by atoms with Gasteiger partial charge in [-0.25, -0.2) is 4.98 Å². The fourth-order valence-corrected chi connectivity index (χ4v) is 2.79. The zero-order valence-corrected chi connectivity index (χ0v) is 11.2. The highest BCUT2D eigenvalue weighted by atomic mass is 79.9. The maximum absolute atomic E-state index is 4.21. The summed E-state index contributed by atoms with van der Waals surface area (Å²) < 4.78 is 1.08. The van der Waals surface area contributed by atoms with Gasteiger partial charge in [0.2, 0.25) is 0 Å². The topological polar surface area (TPSA) is 40.7 Å². The zero-order valence-electron chi connectivity index (χ0n) is 8.83. The molecule has 2 aromatic rings. The zero-order chi connectivity index (χ0) is 11.4. The molecule has 0 bridgehead atoms. The number of aromatic nitrogens is 2. The first kappa shape index (κ1) is 11.7. The van der Waals surface area contributed by atoms with E-state index >= 15 is 0 Å². The summed E-state index contributed by atoms with van der Waals surface area (Å²) in [5.74, 6) is 0. The van der Waals surface area contributed by atoms with Crippen molar-refractivity contribution in [2.75, 3.05) is 7.05 Å². The van der Waals surface area contributed by atoms with E-state index in [4.69, 9.17) is 0 Å². The quantitative estimate of drug-likeness (QED) is 0.911. The Labute approximate surface area is 107 Å². The van der Waals surface area contributed by atoms with E-state index in [0.29, 0.717) is 0 Å². The van der Waals surface area contributed by atoms with E-state index in [2.05, 4.69) is 49.4 Å². The molecule has 0 fully saturated rings. The third-order valence-corrected chi connectivity index (χ3v) is 3.59. The molecule has 84 valence electrons. The number of hydrogen-bond donors (Lipinski definition) is 2. The number of nitrogens with zero attached hydrogens (tertiary/aromatic N) is 1. The number of H-pyrrole nitrogens is 1. The van der Waals surface area contributed by atoms with Crippen molar-refractivity contribution in [2.45, 2.75) is 16.6 Å². The van der Waals surface area contributed by atoms with E-state index in [-0.39, 0.29) is 0 Å². The average molecular weight is 298 g/mol. The highest BCUT2D eigenvalue weighted by molar-refractivity contribution is 9.10. The average Bonchev–Trinajstić information content (AvgIpc) is 2.75. The molecular weight excluding hydrogens is 286 g/mol. The van der Waals surface area contributed by atoms with Crippen LogP contribution in [0, 0.1) is 0 Å². The SMILES string of the molecule is CNCc1ccc(Br)cc1Sc1ncc[nH]1. The summed E-state index contributed by atoms with van der Waals surface area (Å²) in [6.45, 7) is 0.857. The van der Waals surface area contributed by atoms with Gasteiger partial charge in [0.1, 0.15) is 0 Å². The maximum atomic E-state index is 4.21. The van der Waals surface area contributed by atoms with Crippen molar-refractivity contribution in [2.24, 2.45) is 0 Å². The number of nitrogens with one attached hydrogen (secondary N) is 2. The lowest BCUT2D eigenvalue weighted by Gasteiger charge is -2.07. The molecule has 1 heterocycles. The van der Waals surface area contributed by atoms with Crippen LogP contribution >= 0.6 is 27.7 Å². The summed E-state index contributed by atoms with van der Waals surface area (Å²) in [6, 6.07) is 6.28. The molecule has 0 radical (unpaired) electrons. The van der Waals surface area contributed by atoms with Crippen LogP contribution in [0.15, 0.2) is 45.1 Å². The van der Waals surface area contributed by atoms with Crippen LogP contribution in [-0.4, -0.2) is 17.0 Å². The first-order valence-electron chi connectivity index (χ1n) is 4.90. The molecule has 0 spiro atoms. The van der Waals surface area contributed by atoms with Crippen LogP contribution in [0.1, 0.15) is 5.56 Å². The summed E-state index contributed by atoms with van der Waals surface area (Å²) >= 11 is 5.13. The summed E-state index contributed by atoms with van der Waals surface area (Å²) in [6.07, 6.45) is 3.59. The molecule has 0 saturated carbocycles. The summed E-state index contributed by atoms with van der Waals surface area (Å²) in [5, 5.41) is 4.08. The van der Waals surface area contributed by atoms with Crippen LogP contribution in [0.5, 0.6) is 0 Å². The van der Waals surface area contributed by atoms with Crippen molar-refractivity contribution >= 4 is 27.7 Å². The molecule has 0 aliphatic heterocycles. The van der Waals surface area contributed by atoms with Gasteiger partial charge in [-0.1, -0.05) is 33.8 Å². The van der Waals surface area contributed by atoms with Gasteiger partial charge in [0.05, 0.1) is 0 Å². The van der Waals surface area contributed by atoms with Crippen molar-refractivity contribution in [1.29, 1.82) is 0 Å². The molecule has 0 saturated heterocycles. The van der Waals surface area contributed by atoms with E-state index in [1.807, 2.05) is 13.2 Å². The molecule has 16 heavy (non-hydrogen) atoms. The van der Waals surface area contributed by atoms with Crippen molar-refractivity contribution in [3.63, 3.8) is 0 Å². The fraction of sp³-hybridized carbons (Fsp3) is 0.182. The molecule has 1 aromatic heterocycles. The molecule has 2 rings (SSSR count). The van der Waals surface area contributed by atoms with E-state index in [0.717, 1.165) is 16.2 Å². The number of rotatable bonds is 4. The number of imidazole rings is 1. The van der Waals surface area contributed by atoms with Crippen molar-refractivity contribution in [3.05, 3.63) is 40.6 Å². The van der Waals surface area contributed by atoms with Gasteiger partial charge < -0.3 is 10.3 Å². The smallest absolute Gasteiger partial charge is 0.170 e. The van der Waals surface area contributed by atoms with Crippen molar-refractivity contribution in [1.82, 2.24) is 15.3 Å². The van der Waals surface area contributed by atoms with Gasteiger partial charge in [-0.15, -0.1) is 0 Å². The Bertz CT molecular complexity index is 456. The third kappa shape index (κ3) is 2.87. The van der Waals surface area contributed by atoms with Gasteiger partial charge in [0, 0.05) is 28.3 Å². The largest absolute Gasteiger partial charge is 0.339 e. The lowest BCUT2D eigenvalue weighted by Crippen LogP contribution is -2.06. The second kappa shape index (κ2) is 5.52. The van der Waals surface area contributed by atoms with Crippen LogP contribution in [0.25, 0.3) is 0 Å². The fourth-order valence-electron chi connectivity index (χ4n) is 1.37. The van der Waals surface area contributed by atoms with Gasteiger partial charge in [-0.3, -0.25) is 0 Å². The standard InChI is InChI=1S/C11H12BrN3S/c1-13-7-8-2-3-9(12)6-10(8)16-11-14-4-5-15-11/h2-6,13H,7H2,1H3,(H,14,15). The molecule has 0 aliphatic rings. The number of halogens is 1. The van der Waals surface area contributed by atoms with E-state index in [1.165, 1.54) is 10.5 Å². The molecule has 0 aliphatic carbocycles. The second-order valence-electron chi connectivity index (χ2n) is 3.28. The minimum atomic E-state index is 0.857. The van der Waals surface area contributed by atoms with Gasteiger partial charge in [0.15, 0.2) is 5.16 Å². The molecule has 2 N–H and O–H groups in total. The molecule has 1 aromatic carbocycles. The molecule has 0 unspecified atom stereocenters. The summed E-state index contributed by atoms with van der Waals surface area (Å²) in [4.78, 5) is 8.51. The summed E-state index contributed by atoms with van der Waals surface area (Å²) in [7, 11) is 1.95. The first-order valence-corrected chi connectivity index (χ1v) is 6.51. The summed E-state index contributed by atoms with van der Waals surface area (Å²) in [5.41, 5.74) is 1.27. The van der Waals surface area contributed by atoms with Crippen molar-refractivity contribution in [3.8, 4) is 0 Å². The van der Waals surface area contributed by atoms with Crippen LogP contribution in [0.2, 0.25) is 0 Å². The van der Waals surface area contributed by atoms with Gasteiger partial charge in [-0.05, 0) is 24.7 Å². The van der Waals surface area contributed by atoms with Crippen LogP contribution in [0.3, 0.4) is 0 Å². The Hall–Kier alpha value is -0.780. The molecule has 0 atom stereocenters. The monoisotopic (exact) mass is 297 g/mol. The second-order valence-corrected chi connectivity index (χ2v) is 5.23. The van der Waals surface area contributed by atoms with Crippen molar-refractivity contribution < 1.29 is 0 Å². The van der Waals surface area contributed by atoms with Crippen LogP contribution in [-0.2, 0) is 6.54 Å². The van der Waals surface area contributed by atoms with E-state index < -0.39 is 0 Å². The predicted molar refractivity (Wildman–Crippen MR) is 69.6 cm³/mol. The molecule has 0 amide bonds. The Morgan fingerprint density at radius 1 is 1.50 bits per heavy atom. The number of aromatic amines is 1. The van der Waals surface area contributed by atoms with Crippen LogP contribution < -0.4 is 5.32 Å². The Balaban J connectivity index is 2.26.